The van der Waals surface area contributed by atoms with E-state index < -0.39 is 0 Å². The van der Waals surface area contributed by atoms with Crippen molar-refractivity contribution in [1.29, 1.82) is 0 Å². The summed E-state index contributed by atoms with van der Waals surface area (Å²) in [6.07, 6.45) is 0.797. The molecule has 11 heavy (non-hydrogen) atoms. The van der Waals surface area contributed by atoms with Crippen LogP contribution in [0.3, 0.4) is 0 Å². The standard InChI is InChI=1S/C6H10BrN3O/c1-10(2)4-3-5-8-6(7)9-11-5/h3-4H2,1-2H3. The summed E-state index contributed by atoms with van der Waals surface area (Å²) in [6.45, 7) is 0.925. The van der Waals surface area contributed by atoms with E-state index in [0.29, 0.717) is 10.6 Å². The predicted molar refractivity (Wildman–Crippen MR) is 44.3 cm³/mol. The number of nitrogens with zero attached hydrogens (tertiary/aromatic N) is 3. The van der Waals surface area contributed by atoms with Gasteiger partial charge in [-0.05, 0) is 35.2 Å². The Morgan fingerprint density at radius 3 is 2.73 bits per heavy atom. The molecule has 0 aliphatic rings. The smallest absolute Gasteiger partial charge is 0.238 e. The Bertz CT molecular complexity index is 223. The summed E-state index contributed by atoms with van der Waals surface area (Å²) in [5.41, 5.74) is 0. The normalized spacial score (nSPS) is 10.9. The van der Waals surface area contributed by atoms with Gasteiger partial charge in [-0.25, -0.2) is 0 Å². The van der Waals surface area contributed by atoms with Crippen LogP contribution in [0, 0.1) is 0 Å². The number of aromatic nitrogens is 2. The number of likely N-dealkylation sites (N-methyl/N-ethyl adjacent to an activating group) is 1. The molecule has 0 aliphatic heterocycles. The Labute approximate surface area is 73.7 Å². The lowest BCUT2D eigenvalue weighted by molar-refractivity contribution is 0.343. The molecule has 4 nitrogen and oxygen atoms in total. The summed E-state index contributed by atoms with van der Waals surface area (Å²) in [4.78, 5) is 6.06. The van der Waals surface area contributed by atoms with Crippen LogP contribution in [0.15, 0.2) is 9.26 Å². The van der Waals surface area contributed by atoms with Crippen molar-refractivity contribution < 1.29 is 4.52 Å². The maximum absolute atomic E-state index is 4.88. The average Bonchev–Trinajstić information content (AvgIpc) is 2.31. The van der Waals surface area contributed by atoms with Crippen LogP contribution >= 0.6 is 15.9 Å². The van der Waals surface area contributed by atoms with Gasteiger partial charge >= 0.3 is 0 Å². The van der Waals surface area contributed by atoms with Crippen LogP contribution in [0.25, 0.3) is 0 Å². The van der Waals surface area contributed by atoms with Crippen molar-refractivity contribution in [3.63, 3.8) is 0 Å². The second kappa shape index (κ2) is 3.82. The third-order valence-corrected chi connectivity index (χ3v) is 1.54. The SMILES string of the molecule is CN(C)CCc1nc(Br)no1. The molecule has 0 bridgehead atoms. The average molecular weight is 220 g/mol. The molecule has 0 aromatic carbocycles. The topological polar surface area (TPSA) is 42.2 Å². The highest BCUT2D eigenvalue weighted by Gasteiger charge is 2.02. The number of halogens is 1. The van der Waals surface area contributed by atoms with Crippen LogP contribution in [0.5, 0.6) is 0 Å². The molecule has 1 aromatic rings. The lowest BCUT2D eigenvalue weighted by Crippen LogP contribution is -2.15. The van der Waals surface area contributed by atoms with Gasteiger partial charge in [-0.15, -0.1) is 0 Å². The minimum absolute atomic E-state index is 0.520. The Morgan fingerprint density at radius 2 is 2.27 bits per heavy atom. The van der Waals surface area contributed by atoms with E-state index in [1.165, 1.54) is 0 Å². The van der Waals surface area contributed by atoms with E-state index in [4.69, 9.17) is 4.52 Å². The van der Waals surface area contributed by atoms with Crippen LogP contribution in [0.2, 0.25) is 0 Å². The van der Waals surface area contributed by atoms with Gasteiger partial charge in [0.15, 0.2) is 0 Å². The summed E-state index contributed by atoms with van der Waals surface area (Å²) < 4.78 is 5.40. The first kappa shape index (κ1) is 8.67. The van der Waals surface area contributed by atoms with E-state index in [-0.39, 0.29) is 0 Å². The molecular formula is C6H10BrN3O. The van der Waals surface area contributed by atoms with Crippen LogP contribution in [0.1, 0.15) is 5.89 Å². The van der Waals surface area contributed by atoms with Crippen molar-refractivity contribution in [2.75, 3.05) is 20.6 Å². The molecule has 0 N–H and O–H groups in total. The highest BCUT2D eigenvalue weighted by molar-refractivity contribution is 9.10. The van der Waals surface area contributed by atoms with Gasteiger partial charge in [-0.1, -0.05) is 0 Å². The van der Waals surface area contributed by atoms with Crippen LogP contribution < -0.4 is 0 Å². The fourth-order valence-corrected chi connectivity index (χ4v) is 0.925. The summed E-state index contributed by atoms with van der Waals surface area (Å²) in [5, 5.41) is 3.61. The largest absolute Gasteiger partial charge is 0.338 e. The third kappa shape index (κ3) is 2.98. The molecule has 1 aromatic heterocycles. The van der Waals surface area contributed by atoms with Crippen molar-refractivity contribution in [3.8, 4) is 0 Å². The molecule has 0 saturated carbocycles. The van der Waals surface area contributed by atoms with E-state index in [9.17, 15) is 0 Å². The van der Waals surface area contributed by atoms with E-state index in [1.54, 1.807) is 0 Å². The minimum Gasteiger partial charge on any atom is -0.338 e. The summed E-state index contributed by atoms with van der Waals surface area (Å²) in [7, 11) is 4.01. The van der Waals surface area contributed by atoms with E-state index in [2.05, 4.69) is 31.0 Å². The van der Waals surface area contributed by atoms with Gasteiger partial charge in [0.1, 0.15) is 0 Å². The van der Waals surface area contributed by atoms with Gasteiger partial charge in [0, 0.05) is 13.0 Å². The molecule has 0 amide bonds. The van der Waals surface area contributed by atoms with E-state index >= 15 is 0 Å². The van der Waals surface area contributed by atoms with Gasteiger partial charge in [0.05, 0.1) is 0 Å². The summed E-state index contributed by atoms with van der Waals surface area (Å²) in [6, 6.07) is 0. The quantitative estimate of drug-likeness (QED) is 0.760. The molecule has 0 fully saturated rings. The molecule has 1 heterocycles. The lowest BCUT2D eigenvalue weighted by Gasteiger charge is -2.05. The van der Waals surface area contributed by atoms with Crippen molar-refractivity contribution in [3.05, 3.63) is 10.6 Å². The van der Waals surface area contributed by atoms with Gasteiger partial charge in [0.2, 0.25) is 10.6 Å². The molecule has 0 atom stereocenters. The van der Waals surface area contributed by atoms with Crippen LogP contribution in [-0.2, 0) is 6.42 Å². The molecule has 0 saturated heterocycles. The van der Waals surface area contributed by atoms with Gasteiger partial charge in [-0.2, -0.15) is 4.98 Å². The highest BCUT2D eigenvalue weighted by atomic mass is 79.9. The molecule has 0 aliphatic carbocycles. The zero-order valence-electron chi connectivity index (χ0n) is 6.54. The van der Waals surface area contributed by atoms with Crippen molar-refractivity contribution in [2.45, 2.75) is 6.42 Å². The van der Waals surface area contributed by atoms with Crippen molar-refractivity contribution >= 4 is 15.9 Å². The van der Waals surface area contributed by atoms with Gasteiger partial charge in [0.25, 0.3) is 0 Å². The zero-order chi connectivity index (χ0) is 8.27. The van der Waals surface area contributed by atoms with Gasteiger partial charge in [-0.3, -0.25) is 0 Å². The Hall–Kier alpha value is -0.420. The highest BCUT2D eigenvalue weighted by Crippen LogP contribution is 2.04. The first-order valence-electron chi connectivity index (χ1n) is 3.31. The van der Waals surface area contributed by atoms with Crippen LogP contribution in [-0.4, -0.2) is 35.7 Å². The van der Waals surface area contributed by atoms with Gasteiger partial charge < -0.3 is 9.42 Å². The fourth-order valence-electron chi connectivity index (χ4n) is 0.655. The number of rotatable bonds is 3. The van der Waals surface area contributed by atoms with Crippen LogP contribution in [0.4, 0.5) is 0 Å². The molecule has 0 radical (unpaired) electrons. The summed E-state index contributed by atoms with van der Waals surface area (Å²) in [5.74, 6) is 0.672. The van der Waals surface area contributed by atoms with E-state index in [0.717, 1.165) is 13.0 Å². The second-order valence-corrected chi connectivity index (χ2v) is 3.22. The van der Waals surface area contributed by atoms with E-state index in [1.807, 2.05) is 14.1 Å². The molecule has 1 rings (SSSR count). The molecule has 5 heteroatoms. The molecule has 0 unspecified atom stereocenters. The first-order chi connectivity index (χ1) is 5.18. The Morgan fingerprint density at radius 1 is 1.55 bits per heavy atom. The molecule has 0 spiro atoms. The Balaban J connectivity index is 2.39. The maximum Gasteiger partial charge on any atom is 0.238 e. The Kier molecular flexibility index (Phi) is 3.02. The maximum atomic E-state index is 4.88. The first-order valence-corrected chi connectivity index (χ1v) is 4.10. The summed E-state index contributed by atoms with van der Waals surface area (Å²) >= 11 is 3.11. The fraction of sp³-hybridized carbons (Fsp3) is 0.667. The predicted octanol–water partition coefficient (Wildman–Crippen LogP) is 0.936. The zero-order valence-corrected chi connectivity index (χ0v) is 8.13. The number of hydrogen-bond acceptors (Lipinski definition) is 4. The van der Waals surface area contributed by atoms with Crippen molar-refractivity contribution in [1.82, 2.24) is 15.0 Å². The lowest BCUT2D eigenvalue weighted by atomic mass is 10.4. The van der Waals surface area contributed by atoms with Crippen molar-refractivity contribution in [2.24, 2.45) is 0 Å². The third-order valence-electron chi connectivity index (χ3n) is 1.22. The monoisotopic (exact) mass is 219 g/mol. The number of hydrogen-bond donors (Lipinski definition) is 0. The molecular weight excluding hydrogens is 210 g/mol. The minimum atomic E-state index is 0.520. The molecule has 62 valence electrons. The second-order valence-electron chi connectivity index (χ2n) is 2.51.